The molecule has 0 aliphatic heterocycles. The molecule has 102 valence electrons. The van der Waals surface area contributed by atoms with E-state index in [4.69, 9.17) is 0 Å². The highest BCUT2D eigenvalue weighted by molar-refractivity contribution is 14.1. The molecule has 3 aromatic rings. The highest BCUT2D eigenvalue weighted by Gasteiger charge is 2.11. The Morgan fingerprint density at radius 2 is 0.810 bits per heavy atom. The highest BCUT2D eigenvalue weighted by atomic mass is 131. The minimum Gasteiger partial charge on any atom is -0.0622 e. The summed E-state index contributed by atoms with van der Waals surface area (Å²) in [7, 11) is 0. The summed E-state index contributed by atoms with van der Waals surface area (Å²) in [5, 5.41) is 0. The topological polar surface area (TPSA) is 0 Å². The average Bonchev–Trinajstić information content (AvgIpc) is 2.58. The Balaban J connectivity index is 2.22. The van der Waals surface area contributed by atoms with Crippen LogP contribution in [-0.4, -0.2) is 0 Å². The van der Waals surface area contributed by atoms with Gasteiger partial charge in [-0.1, -0.05) is 91.0 Å². The third kappa shape index (κ3) is 3.24. The molecule has 0 unspecified atom stereocenters. The monoisotopic (exact) mass is 386 g/mol. The fourth-order valence-corrected chi connectivity index (χ4v) is 3.34. The maximum absolute atomic E-state index is 2.46. The van der Waals surface area contributed by atoms with Crippen LogP contribution in [-0.2, 0) is 0 Å². The molecule has 0 atom stereocenters. The van der Waals surface area contributed by atoms with Gasteiger partial charge in [0.2, 0.25) is 0 Å². The van der Waals surface area contributed by atoms with Gasteiger partial charge < -0.3 is 0 Å². The predicted octanol–water partition coefficient (Wildman–Crippen LogP) is 6.04. The predicted molar refractivity (Wildman–Crippen MR) is 99.3 cm³/mol. The normalized spacial score (nSPS) is 10.1. The van der Waals surface area contributed by atoms with Gasteiger partial charge in [-0.3, -0.25) is 0 Å². The molecule has 0 nitrogen and oxygen atoms in total. The summed E-state index contributed by atoms with van der Waals surface area (Å²) in [6.07, 6.45) is 0. The number of halogens is 1. The standard InChI is InChI=1S/C20H15I/c21-20(18-14-8-3-9-15-18)19(16-10-4-1-5-11-16)17-12-6-2-7-13-17/h1-15H/i21+4. The van der Waals surface area contributed by atoms with Crippen molar-refractivity contribution in [3.63, 3.8) is 0 Å². The second kappa shape index (κ2) is 6.72. The van der Waals surface area contributed by atoms with Crippen LogP contribution in [0.25, 0.3) is 9.15 Å². The summed E-state index contributed by atoms with van der Waals surface area (Å²) in [6, 6.07) is 31.7. The van der Waals surface area contributed by atoms with Crippen LogP contribution in [0.2, 0.25) is 0 Å². The zero-order valence-electron chi connectivity index (χ0n) is 11.5. The molecule has 0 amide bonds. The van der Waals surface area contributed by atoms with E-state index < -0.39 is 0 Å². The molecule has 21 heavy (non-hydrogen) atoms. The quantitative estimate of drug-likeness (QED) is 0.380. The molecule has 0 saturated heterocycles. The van der Waals surface area contributed by atoms with Gasteiger partial charge in [-0.25, -0.2) is 0 Å². The molecule has 0 spiro atoms. The maximum atomic E-state index is 2.46. The summed E-state index contributed by atoms with van der Waals surface area (Å²) in [6.45, 7) is 0. The van der Waals surface area contributed by atoms with Crippen LogP contribution in [0.4, 0.5) is 0 Å². The van der Waals surface area contributed by atoms with E-state index in [0.717, 1.165) is 0 Å². The van der Waals surface area contributed by atoms with Gasteiger partial charge in [0.15, 0.2) is 0 Å². The van der Waals surface area contributed by atoms with E-state index in [9.17, 15) is 0 Å². The molecule has 0 aliphatic rings. The van der Waals surface area contributed by atoms with Crippen LogP contribution in [0.1, 0.15) is 16.7 Å². The molecule has 0 heterocycles. The van der Waals surface area contributed by atoms with Crippen LogP contribution in [0, 0.1) is 0 Å². The first-order valence-corrected chi connectivity index (χ1v) is 8.00. The Morgan fingerprint density at radius 3 is 1.19 bits per heavy atom. The summed E-state index contributed by atoms with van der Waals surface area (Å²) >= 11 is 2.46. The fraction of sp³-hybridized carbons (Fsp3) is 0. The second-order valence-corrected chi connectivity index (χ2v) is 5.87. The second-order valence-electron chi connectivity index (χ2n) is 4.79. The SMILES string of the molecule is [131I]C(=C(c1ccccc1)c1ccccc1)c1ccccc1. The van der Waals surface area contributed by atoms with E-state index in [1.165, 1.54) is 25.8 Å². The van der Waals surface area contributed by atoms with Crippen molar-refractivity contribution in [3.8, 4) is 0 Å². The number of hydrogen-bond acceptors (Lipinski definition) is 0. The van der Waals surface area contributed by atoms with Gasteiger partial charge in [0.1, 0.15) is 0 Å². The third-order valence-corrected chi connectivity index (χ3v) is 4.53. The van der Waals surface area contributed by atoms with Gasteiger partial charge in [0, 0.05) is 9.15 Å². The van der Waals surface area contributed by atoms with E-state index in [1.807, 2.05) is 0 Å². The molecular formula is C20H15I. The van der Waals surface area contributed by atoms with Crippen molar-refractivity contribution in [2.24, 2.45) is 0 Å². The third-order valence-electron chi connectivity index (χ3n) is 3.37. The van der Waals surface area contributed by atoms with Crippen molar-refractivity contribution < 1.29 is 0 Å². The van der Waals surface area contributed by atoms with E-state index in [1.54, 1.807) is 0 Å². The molecule has 0 aliphatic carbocycles. The molecule has 0 aromatic heterocycles. The largest absolute Gasteiger partial charge is 0.0622 e. The van der Waals surface area contributed by atoms with Crippen LogP contribution in [0.15, 0.2) is 91.0 Å². The molecule has 1 heteroatoms. The van der Waals surface area contributed by atoms with E-state index >= 15 is 0 Å². The molecule has 0 fully saturated rings. The van der Waals surface area contributed by atoms with Gasteiger partial charge in [0.25, 0.3) is 0 Å². The molecule has 3 aromatic carbocycles. The number of hydrogen-bond donors (Lipinski definition) is 0. The van der Waals surface area contributed by atoms with Crippen LogP contribution < -0.4 is 0 Å². The Bertz CT molecular complexity index is 687. The van der Waals surface area contributed by atoms with Crippen molar-refractivity contribution >= 4 is 31.7 Å². The fourth-order valence-electron chi connectivity index (χ4n) is 2.36. The lowest BCUT2D eigenvalue weighted by Gasteiger charge is -2.12. The summed E-state index contributed by atoms with van der Waals surface area (Å²) in [4.78, 5) is 0. The molecule has 0 saturated carbocycles. The van der Waals surface area contributed by atoms with Crippen molar-refractivity contribution in [1.82, 2.24) is 0 Å². The first-order valence-electron chi connectivity index (χ1n) is 6.92. The van der Waals surface area contributed by atoms with E-state index in [2.05, 4.69) is 114 Å². The minimum absolute atomic E-state index is 1.25. The Hall–Kier alpha value is -1.87. The Morgan fingerprint density at radius 1 is 0.476 bits per heavy atom. The maximum Gasteiger partial charge on any atom is 0.0287 e. The molecule has 3 rings (SSSR count). The van der Waals surface area contributed by atoms with Gasteiger partial charge >= 0.3 is 0 Å². The van der Waals surface area contributed by atoms with Crippen molar-refractivity contribution in [2.75, 3.05) is 0 Å². The molecule has 0 bridgehead atoms. The minimum atomic E-state index is 1.25. The average molecular weight is 386 g/mol. The zero-order valence-corrected chi connectivity index (χ0v) is 13.7. The summed E-state index contributed by atoms with van der Waals surface area (Å²) < 4.78 is 1.27. The zero-order chi connectivity index (χ0) is 14.5. The van der Waals surface area contributed by atoms with Gasteiger partial charge in [-0.15, -0.1) is 0 Å². The summed E-state index contributed by atoms with van der Waals surface area (Å²) in [5.41, 5.74) is 5.03. The van der Waals surface area contributed by atoms with Crippen molar-refractivity contribution in [3.05, 3.63) is 108 Å². The lowest BCUT2D eigenvalue weighted by molar-refractivity contribution is 1.55. The van der Waals surface area contributed by atoms with Crippen LogP contribution >= 0.6 is 22.6 Å². The first kappa shape index (κ1) is 14.1. The van der Waals surface area contributed by atoms with Gasteiger partial charge in [-0.05, 0) is 39.3 Å². The van der Waals surface area contributed by atoms with Crippen LogP contribution in [0.5, 0.6) is 0 Å². The smallest absolute Gasteiger partial charge is 0.0287 e. The van der Waals surface area contributed by atoms with Crippen molar-refractivity contribution in [1.29, 1.82) is 0 Å². The number of benzene rings is 3. The van der Waals surface area contributed by atoms with E-state index in [0.29, 0.717) is 0 Å². The lowest BCUT2D eigenvalue weighted by Crippen LogP contribution is -1.90. The first-order chi connectivity index (χ1) is 10.4. The number of rotatable bonds is 3. The van der Waals surface area contributed by atoms with E-state index in [-0.39, 0.29) is 0 Å². The van der Waals surface area contributed by atoms with Crippen LogP contribution in [0.3, 0.4) is 0 Å². The molecule has 0 N–H and O–H groups in total. The van der Waals surface area contributed by atoms with Gasteiger partial charge in [-0.2, -0.15) is 0 Å². The Labute approximate surface area is 139 Å². The molecule has 0 radical (unpaired) electrons. The van der Waals surface area contributed by atoms with Gasteiger partial charge in [0.05, 0.1) is 0 Å². The lowest BCUT2D eigenvalue weighted by atomic mass is 9.96. The van der Waals surface area contributed by atoms with Crippen molar-refractivity contribution in [2.45, 2.75) is 0 Å². The Kier molecular flexibility index (Phi) is 4.51. The summed E-state index contributed by atoms with van der Waals surface area (Å²) in [5.74, 6) is 0. The highest BCUT2D eigenvalue weighted by Crippen LogP contribution is 2.36. The molecular weight excluding hydrogens is 371 g/mol.